The third-order valence-corrected chi connectivity index (χ3v) is 3.74. The highest BCUT2D eigenvalue weighted by Crippen LogP contribution is 2.30. The van der Waals surface area contributed by atoms with Crippen molar-refractivity contribution in [3.05, 3.63) is 34.9 Å². The first-order chi connectivity index (χ1) is 7.74. The van der Waals surface area contributed by atoms with Gasteiger partial charge < -0.3 is 0 Å². The average molecular weight is 250 g/mol. The van der Waals surface area contributed by atoms with Gasteiger partial charge in [0.15, 0.2) is 0 Å². The second kappa shape index (κ2) is 3.71. The third-order valence-electron chi connectivity index (χ3n) is 2.46. The van der Waals surface area contributed by atoms with Gasteiger partial charge in [0.05, 0.1) is 5.71 Å². The summed E-state index contributed by atoms with van der Waals surface area (Å²) in [5, 5.41) is 10.8. The Morgan fingerprint density at radius 1 is 1.31 bits per heavy atom. The lowest BCUT2D eigenvalue weighted by atomic mass is 10.2. The Kier molecular flexibility index (Phi) is 2.33. The van der Waals surface area contributed by atoms with E-state index in [0.717, 1.165) is 26.4 Å². The summed E-state index contributed by atoms with van der Waals surface area (Å²) in [6.07, 6.45) is 0. The maximum atomic E-state index is 5.95. The van der Waals surface area contributed by atoms with Crippen LogP contribution in [0.15, 0.2) is 39.5 Å². The summed E-state index contributed by atoms with van der Waals surface area (Å²) in [6, 6.07) is 7.75. The first-order valence-corrected chi connectivity index (χ1v) is 6.07. The van der Waals surface area contributed by atoms with Gasteiger partial charge in [-0.2, -0.15) is 5.10 Å². The van der Waals surface area contributed by atoms with Crippen molar-refractivity contribution in [1.82, 2.24) is 0 Å². The Labute approximate surface area is 102 Å². The largest absolute Gasteiger partial charge is 0.261 e. The fourth-order valence-corrected chi connectivity index (χ4v) is 2.85. The number of nitrogens with zero attached hydrogens (tertiary/aromatic N) is 3. The van der Waals surface area contributed by atoms with Crippen molar-refractivity contribution in [1.29, 1.82) is 0 Å². The lowest BCUT2D eigenvalue weighted by Gasteiger charge is -1.99. The Morgan fingerprint density at radius 3 is 2.94 bits per heavy atom. The molecule has 2 heterocycles. The van der Waals surface area contributed by atoms with E-state index in [9.17, 15) is 0 Å². The van der Waals surface area contributed by atoms with Gasteiger partial charge in [0.2, 0.25) is 0 Å². The fraction of sp³-hybridized carbons (Fsp3) is 0.182. The van der Waals surface area contributed by atoms with E-state index < -0.39 is 0 Å². The van der Waals surface area contributed by atoms with Gasteiger partial charge in [0, 0.05) is 10.6 Å². The normalized spacial score (nSPS) is 22.6. The molecule has 0 saturated heterocycles. The molecule has 1 aromatic carbocycles. The lowest BCUT2D eigenvalue weighted by molar-refractivity contribution is 1.18. The number of thioether (sulfide) groups is 1. The highest BCUT2D eigenvalue weighted by molar-refractivity contribution is 8.27. The van der Waals surface area contributed by atoms with E-state index in [0.29, 0.717) is 0 Å². The van der Waals surface area contributed by atoms with Crippen LogP contribution in [0.3, 0.4) is 0 Å². The van der Waals surface area contributed by atoms with Gasteiger partial charge in [-0.25, -0.2) is 0 Å². The summed E-state index contributed by atoms with van der Waals surface area (Å²) in [5.74, 6) is 0. The van der Waals surface area contributed by atoms with E-state index in [1.165, 1.54) is 0 Å². The monoisotopic (exact) mass is 249 g/mol. The lowest BCUT2D eigenvalue weighted by Crippen LogP contribution is -2.15. The smallest absolute Gasteiger partial charge is 0.141 e. The molecule has 3 rings (SSSR count). The van der Waals surface area contributed by atoms with Crippen molar-refractivity contribution in [2.24, 2.45) is 15.2 Å². The number of halogens is 1. The van der Waals surface area contributed by atoms with Crippen LogP contribution in [0.2, 0.25) is 5.02 Å². The summed E-state index contributed by atoms with van der Waals surface area (Å²) in [4.78, 5) is 4.60. The molecule has 0 N–H and O–H groups in total. The second-order valence-electron chi connectivity index (χ2n) is 3.63. The Balaban J connectivity index is 1.97. The summed E-state index contributed by atoms with van der Waals surface area (Å²) < 4.78 is 0. The molecule has 0 fully saturated rings. The zero-order chi connectivity index (χ0) is 11.1. The van der Waals surface area contributed by atoms with Crippen molar-refractivity contribution in [2.45, 2.75) is 13.0 Å². The molecule has 1 atom stereocenters. The SMILES string of the molecule is CC1=NN=C2SC(c3cccc(Cl)c3)=N[C@H]12. The minimum atomic E-state index is 0.0407. The molecule has 0 aliphatic carbocycles. The quantitative estimate of drug-likeness (QED) is 0.754. The Hall–Kier alpha value is -1.13. The summed E-state index contributed by atoms with van der Waals surface area (Å²) in [7, 11) is 0. The molecule has 0 saturated carbocycles. The predicted octanol–water partition coefficient (Wildman–Crippen LogP) is 2.99. The van der Waals surface area contributed by atoms with Crippen molar-refractivity contribution < 1.29 is 0 Å². The average Bonchev–Trinajstić information content (AvgIpc) is 2.81. The number of hydrogen-bond donors (Lipinski definition) is 0. The van der Waals surface area contributed by atoms with Gasteiger partial charge in [0.25, 0.3) is 0 Å². The molecule has 0 spiro atoms. The minimum absolute atomic E-state index is 0.0407. The van der Waals surface area contributed by atoms with Crippen LogP contribution in [0.4, 0.5) is 0 Å². The van der Waals surface area contributed by atoms with E-state index in [1.807, 2.05) is 31.2 Å². The molecular formula is C11H8ClN3S. The van der Waals surface area contributed by atoms with Gasteiger partial charge in [-0.3, -0.25) is 4.99 Å². The molecule has 80 valence electrons. The fourth-order valence-electron chi connectivity index (χ4n) is 1.64. The van der Waals surface area contributed by atoms with E-state index >= 15 is 0 Å². The van der Waals surface area contributed by atoms with Crippen LogP contribution in [0.5, 0.6) is 0 Å². The molecular weight excluding hydrogens is 242 g/mol. The number of fused-ring (bicyclic) bond motifs is 1. The molecule has 2 aliphatic heterocycles. The van der Waals surface area contributed by atoms with E-state index in [2.05, 4.69) is 15.2 Å². The summed E-state index contributed by atoms with van der Waals surface area (Å²) in [6.45, 7) is 1.95. The molecule has 0 amide bonds. The molecule has 0 radical (unpaired) electrons. The van der Waals surface area contributed by atoms with E-state index in [-0.39, 0.29) is 6.04 Å². The molecule has 1 aromatic rings. The maximum Gasteiger partial charge on any atom is 0.141 e. The Bertz CT molecular complexity index is 548. The topological polar surface area (TPSA) is 37.1 Å². The summed E-state index contributed by atoms with van der Waals surface area (Å²) in [5.41, 5.74) is 2.00. The zero-order valence-electron chi connectivity index (χ0n) is 8.51. The maximum absolute atomic E-state index is 5.95. The highest BCUT2D eigenvalue weighted by atomic mass is 35.5. The number of hydrogen-bond acceptors (Lipinski definition) is 4. The molecule has 5 heteroatoms. The zero-order valence-corrected chi connectivity index (χ0v) is 10.1. The molecule has 0 aromatic heterocycles. The van der Waals surface area contributed by atoms with Crippen LogP contribution in [0.1, 0.15) is 12.5 Å². The highest BCUT2D eigenvalue weighted by Gasteiger charge is 2.32. The van der Waals surface area contributed by atoms with E-state index in [4.69, 9.17) is 11.6 Å². The number of aliphatic imine (C=N–C) groups is 1. The first-order valence-electron chi connectivity index (χ1n) is 4.87. The molecule has 0 bridgehead atoms. The van der Waals surface area contributed by atoms with Crippen LogP contribution in [-0.4, -0.2) is 21.8 Å². The molecule has 0 unspecified atom stereocenters. The van der Waals surface area contributed by atoms with Gasteiger partial charge in [-0.05, 0) is 30.8 Å². The van der Waals surface area contributed by atoms with Crippen molar-refractivity contribution in [3.63, 3.8) is 0 Å². The molecule has 2 aliphatic rings. The van der Waals surface area contributed by atoms with Gasteiger partial charge >= 0.3 is 0 Å². The standard InChI is InChI=1S/C11H8ClN3S/c1-6-9-11(15-14-6)16-10(13-9)7-3-2-4-8(12)5-7/h2-5,9H,1H3/t9-/m1/s1. The first kappa shape index (κ1) is 10.1. The molecule has 3 nitrogen and oxygen atoms in total. The number of benzene rings is 1. The second-order valence-corrected chi connectivity index (χ2v) is 5.07. The van der Waals surface area contributed by atoms with E-state index in [1.54, 1.807) is 11.8 Å². The third kappa shape index (κ3) is 1.58. The van der Waals surface area contributed by atoms with Gasteiger partial charge in [-0.15, -0.1) is 5.10 Å². The van der Waals surface area contributed by atoms with Crippen molar-refractivity contribution >= 4 is 39.2 Å². The van der Waals surface area contributed by atoms with Crippen LogP contribution in [0, 0.1) is 0 Å². The predicted molar refractivity (Wildman–Crippen MR) is 69.9 cm³/mol. The summed E-state index contributed by atoms with van der Waals surface area (Å²) >= 11 is 7.53. The Morgan fingerprint density at radius 2 is 2.19 bits per heavy atom. The van der Waals surface area contributed by atoms with Crippen molar-refractivity contribution in [3.8, 4) is 0 Å². The van der Waals surface area contributed by atoms with Gasteiger partial charge in [0.1, 0.15) is 16.1 Å². The van der Waals surface area contributed by atoms with Crippen LogP contribution in [-0.2, 0) is 0 Å². The van der Waals surface area contributed by atoms with Crippen LogP contribution < -0.4 is 0 Å². The van der Waals surface area contributed by atoms with Crippen LogP contribution in [0.25, 0.3) is 0 Å². The minimum Gasteiger partial charge on any atom is -0.261 e. The number of rotatable bonds is 1. The van der Waals surface area contributed by atoms with Crippen molar-refractivity contribution in [2.75, 3.05) is 0 Å². The van der Waals surface area contributed by atoms with Gasteiger partial charge in [-0.1, -0.05) is 23.7 Å². The molecule has 16 heavy (non-hydrogen) atoms. The van der Waals surface area contributed by atoms with Crippen LogP contribution >= 0.6 is 23.4 Å².